The van der Waals surface area contributed by atoms with Crippen LogP contribution in [-0.2, 0) is 16.8 Å². The summed E-state index contributed by atoms with van der Waals surface area (Å²) in [6.07, 6.45) is 0.451. The van der Waals surface area contributed by atoms with E-state index in [1.807, 2.05) is 42.5 Å². The zero-order valence-electron chi connectivity index (χ0n) is 14.6. The number of anilines is 1. The summed E-state index contributed by atoms with van der Waals surface area (Å²) in [6, 6.07) is 18.1. The number of para-hydroxylation sites is 1. The molecule has 0 radical (unpaired) electrons. The molecule has 2 aromatic rings. The van der Waals surface area contributed by atoms with Gasteiger partial charge in [0, 0.05) is 18.7 Å². The van der Waals surface area contributed by atoms with Crippen molar-refractivity contribution < 1.29 is 4.79 Å². The second-order valence-electron chi connectivity index (χ2n) is 6.41. The molecule has 0 aromatic heterocycles. The lowest BCUT2D eigenvalue weighted by atomic mass is 9.81. The first-order valence-electron chi connectivity index (χ1n) is 8.17. The minimum atomic E-state index is -0.193. The van der Waals surface area contributed by atoms with Gasteiger partial charge in [-0.3, -0.25) is 4.79 Å². The summed E-state index contributed by atoms with van der Waals surface area (Å²) in [5, 5.41) is 6.37. The number of carbonyl (C=O) groups excluding carboxylic acids is 1. The van der Waals surface area contributed by atoms with Crippen LogP contribution in [0.2, 0.25) is 0 Å². The van der Waals surface area contributed by atoms with Gasteiger partial charge in [-0.25, -0.2) is 0 Å². The topological polar surface area (TPSA) is 41.1 Å². The highest BCUT2D eigenvalue weighted by Gasteiger charge is 2.24. The normalized spacial score (nSPS) is 10.8. The van der Waals surface area contributed by atoms with Gasteiger partial charge in [-0.1, -0.05) is 69.3 Å². The molecular weight excluding hydrogens is 320 g/mol. The number of nitrogens with one attached hydrogen (secondary N) is 2. The third-order valence-corrected chi connectivity index (χ3v) is 4.01. The highest BCUT2D eigenvalue weighted by Crippen LogP contribution is 2.27. The molecule has 3 nitrogen and oxygen atoms in total. The predicted octanol–water partition coefficient (Wildman–Crippen LogP) is 4.52. The smallest absolute Gasteiger partial charge is 0.225 e. The third-order valence-electron chi connectivity index (χ3n) is 4.01. The second-order valence-corrected chi connectivity index (χ2v) is 6.41. The fourth-order valence-corrected chi connectivity index (χ4v) is 2.64. The molecule has 0 heterocycles. The Hall–Kier alpha value is -1.84. The first-order chi connectivity index (χ1) is 11.0. The van der Waals surface area contributed by atoms with Gasteiger partial charge in [-0.05, 0) is 29.2 Å². The average molecular weight is 347 g/mol. The zero-order valence-corrected chi connectivity index (χ0v) is 15.5. The van der Waals surface area contributed by atoms with E-state index in [0.29, 0.717) is 6.42 Å². The summed E-state index contributed by atoms with van der Waals surface area (Å²) in [4.78, 5) is 12.5. The van der Waals surface area contributed by atoms with Crippen LogP contribution >= 0.6 is 12.4 Å². The van der Waals surface area contributed by atoms with Crippen LogP contribution in [0.15, 0.2) is 54.6 Å². The van der Waals surface area contributed by atoms with Gasteiger partial charge in [-0.15, -0.1) is 12.4 Å². The highest BCUT2D eigenvalue weighted by atomic mass is 35.5. The van der Waals surface area contributed by atoms with E-state index in [1.54, 1.807) is 0 Å². The summed E-state index contributed by atoms with van der Waals surface area (Å²) in [5.41, 5.74) is 2.99. The molecule has 24 heavy (non-hydrogen) atoms. The van der Waals surface area contributed by atoms with E-state index in [9.17, 15) is 4.79 Å². The molecule has 0 fully saturated rings. The first-order valence-corrected chi connectivity index (χ1v) is 8.17. The van der Waals surface area contributed by atoms with Gasteiger partial charge in [0.05, 0.1) is 0 Å². The molecule has 2 N–H and O–H groups in total. The quantitative estimate of drug-likeness (QED) is 0.773. The fourth-order valence-electron chi connectivity index (χ4n) is 2.64. The Morgan fingerprint density at radius 1 is 1.00 bits per heavy atom. The molecule has 0 atom stereocenters. The number of carbonyl (C=O) groups is 1. The van der Waals surface area contributed by atoms with Crippen molar-refractivity contribution in [2.45, 2.75) is 39.2 Å². The van der Waals surface area contributed by atoms with Gasteiger partial charge in [0.2, 0.25) is 5.91 Å². The Kier molecular flexibility index (Phi) is 7.96. The SMILES string of the molecule is CCNCc1ccccc1NC(=O)CC(C)(C)c1ccccc1.Cl. The van der Waals surface area contributed by atoms with Crippen LogP contribution in [0.25, 0.3) is 0 Å². The fraction of sp³-hybridized carbons (Fsp3) is 0.350. The molecule has 0 unspecified atom stereocenters. The number of amides is 1. The molecule has 0 bridgehead atoms. The molecule has 0 saturated carbocycles. The Bertz CT molecular complexity index is 641. The van der Waals surface area contributed by atoms with E-state index in [2.05, 4.69) is 43.5 Å². The predicted molar refractivity (Wildman–Crippen MR) is 104 cm³/mol. The monoisotopic (exact) mass is 346 g/mol. The van der Waals surface area contributed by atoms with Gasteiger partial charge in [0.25, 0.3) is 0 Å². The van der Waals surface area contributed by atoms with E-state index in [4.69, 9.17) is 0 Å². The van der Waals surface area contributed by atoms with Crippen LogP contribution in [0, 0.1) is 0 Å². The Morgan fingerprint density at radius 3 is 2.29 bits per heavy atom. The van der Waals surface area contributed by atoms with E-state index < -0.39 is 0 Å². The van der Waals surface area contributed by atoms with E-state index >= 15 is 0 Å². The Balaban J connectivity index is 0.00000288. The van der Waals surface area contributed by atoms with Gasteiger partial charge >= 0.3 is 0 Å². The molecular formula is C20H27ClN2O. The molecule has 130 valence electrons. The average Bonchev–Trinajstić information content (AvgIpc) is 2.54. The third kappa shape index (κ3) is 5.66. The van der Waals surface area contributed by atoms with Crippen LogP contribution in [0.3, 0.4) is 0 Å². The maximum atomic E-state index is 12.5. The molecule has 0 aliphatic carbocycles. The van der Waals surface area contributed by atoms with Crippen LogP contribution in [0.1, 0.15) is 38.3 Å². The molecule has 0 aliphatic heterocycles. The summed E-state index contributed by atoms with van der Waals surface area (Å²) < 4.78 is 0. The maximum absolute atomic E-state index is 12.5. The molecule has 0 aliphatic rings. The molecule has 2 aromatic carbocycles. The van der Waals surface area contributed by atoms with Crippen LogP contribution in [-0.4, -0.2) is 12.5 Å². The van der Waals surface area contributed by atoms with Gasteiger partial charge in [0.1, 0.15) is 0 Å². The van der Waals surface area contributed by atoms with Crippen molar-refractivity contribution in [3.05, 3.63) is 65.7 Å². The van der Waals surface area contributed by atoms with Crippen molar-refractivity contribution in [3.63, 3.8) is 0 Å². The van der Waals surface area contributed by atoms with Gasteiger partial charge in [-0.2, -0.15) is 0 Å². The zero-order chi connectivity index (χ0) is 16.7. The summed E-state index contributed by atoms with van der Waals surface area (Å²) >= 11 is 0. The van der Waals surface area contributed by atoms with E-state index in [1.165, 1.54) is 5.56 Å². The lowest BCUT2D eigenvalue weighted by Crippen LogP contribution is -2.26. The van der Waals surface area contributed by atoms with Crippen molar-refractivity contribution in [2.24, 2.45) is 0 Å². The van der Waals surface area contributed by atoms with Crippen LogP contribution < -0.4 is 10.6 Å². The van der Waals surface area contributed by atoms with Gasteiger partial charge in [0.15, 0.2) is 0 Å². The van der Waals surface area contributed by atoms with Crippen LogP contribution in [0.5, 0.6) is 0 Å². The van der Waals surface area contributed by atoms with E-state index in [0.717, 1.165) is 24.3 Å². The molecule has 4 heteroatoms. The van der Waals surface area contributed by atoms with Crippen molar-refractivity contribution in [1.29, 1.82) is 0 Å². The summed E-state index contributed by atoms with van der Waals surface area (Å²) in [7, 11) is 0. The number of hydrogen-bond acceptors (Lipinski definition) is 2. The summed E-state index contributed by atoms with van der Waals surface area (Å²) in [6.45, 7) is 7.95. The standard InChI is InChI=1S/C20H26N2O.ClH/c1-4-21-15-16-10-8-9-13-18(16)22-19(23)14-20(2,3)17-11-6-5-7-12-17;/h5-13,21H,4,14-15H2,1-3H3,(H,22,23);1H. The van der Waals surface area contributed by atoms with Crippen molar-refractivity contribution in [1.82, 2.24) is 5.32 Å². The minimum Gasteiger partial charge on any atom is -0.326 e. The number of benzene rings is 2. The van der Waals surface area contributed by atoms with Crippen molar-refractivity contribution >= 4 is 24.0 Å². The minimum absolute atomic E-state index is 0. The lowest BCUT2D eigenvalue weighted by Gasteiger charge is -2.25. The maximum Gasteiger partial charge on any atom is 0.225 e. The Morgan fingerprint density at radius 2 is 1.62 bits per heavy atom. The number of halogens is 1. The van der Waals surface area contributed by atoms with Crippen molar-refractivity contribution in [2.75, 3.05) is 11.9 Å². The van der Waals surface area contributed by atoms with Gasteiger partial charge < -0.3 is 10.6 Å². The molecule has 1 amide bonds. The number of hydrogen-bond donors (Lipinski definition) is 2. The van der Waals surface area contributed by atoms with Crippen molar-refractivity contribution in [3.8, 4) is 0 Å². The first kappa shape index (κ1) is 20.2. The van der Waals surface area contributed by atoms with Crippen LogP contribution in [0.4, 0.5) is 5.69 Å². The lowest BCUT2D eigenvalue weighted by molar-refractivity contribution is -0.117. The second kappa shape index (κ2) is 9.45. The molecule has 0 saturated heterocycles. The largest absolute Gasteiger partial charge is 0.326 e. The molecule has 2 rings (SSSR count). The van der Waals surface area contributed by atoms with E-state index in [-0.39, 0.29) is 23.7 Å². The molecule has 0 spiro atoms. The Labute approximate surface area is 151 Å². The summed E-state index contributed by atoms with van der Waals surface area (Å²) in [5.74, 6) is 0.0443. The highest BCUT2D eigenvalue weighted by molar-refractivity contribution is 5.92. The number of rotatable bonds is 7.